The molecule has 184 valence electrons. The third-order valence-corrected chi connectivity index (χ3v) is 7.17. The summed E-state index contributed by atoms with van der Waals surface area (Å²) in [5.41, 5.74) is 4.98. The number of anilines is 1. The van der Waals surface area contributed by atoms with Crippen LogP contribution in [0.25, 0.3) is 11.3 Å². The Morgan fingerprint density at radius 3 is 2.71 bits per heavy atom. The lowest BCUT2D eigenvalue weighted by molar-refractivity contribution is 0.268. The fraction of sp³-hybridized carbons (Fsp3) is 0.429. The first-order chi connectivity index (χ1) is 16.8. The number of halogens is 2. The van der Waals surface area contributed by atoms with Crippen molar-refractivity contribution in [1.82, 2.24) is 14.9 Å². The number of aromatic nitrogens is 2. The lowest BCUT2D eigenvalue weighted by Gasteiger charge is -2.34. The second-order valence-electron chi connectivity index (χ2n) is 10.1. The molecule has 1 aromatic heterocycles. The zero-order valence-corrected chi connectivity index (χ0v) is 20.8. The molecule has 0 amide bonds. The highest BCUT2D eigenvalue weighted by molar-refractivity contribution is 5.72. The predicted octanol–water partition coefficient (Wildman–Crippen LogP) is 5.04. The van der Waals surface area contributed by atoms with Crippen LogP contribution in [0.3, 0.4) is 0 Å². The number of aryl methyl sites for hydroxylation is 1. The second kappa shape index (κ2) is 9.53. The SMILES string of the molecule is CC(C)N1CCOc2c(F)cc(-c3nc(Cc4ccc5c(c4)CCC(N(C)C)C5)ncc3F)cc21. The van der Waals surface area contributed by atoms with Crippen molar-refractivity contribution in [2.45, 2.75) is 51.6 Å². The van der Waals surface area contributed by atoms with E-state index < -0.39 is 11.6 Å². The maximum atomic E-state index is 15.0. The highest BCUT2D eigenvalue weighted by atomic mass is 19.1. The van der Waals surface area contributed by atoms with Gasteiger partial charge in [-0.15, -0.1) is 0 Å². The Balaban J connectivity index is 1.44. The second-order valence-corrected chi connectivity index (χ2v) is 10.1. The Morgan fingerprint density at radius 1 is 1.11 bits per heavy atom. The van der Waals surface area contributed by atoms with Crippen molar-refractivity contribution in [1.29, 1.82) is 0 Å². The van der Waals surface area contributed by atoms with E-state index in [0.717, 1.165) is 24.8 Å². The van der Waals surface area contributed by atoms with Crippen molar-refractivity contribution in [2.24, 2.45) is 0 Å². The molecule has 0 saturated heterocycles. The van der Waals surface area contributed by atoms with Crippen molar-refractivity contribution in [3.63, 3.8) is 0 Å². The summed E-state index contributed by atoms with van der Waals surface area (Å²) in [4.78, 5) is 13.1. The Labute approximate surface area is 205 Å². The van der Waals surface area contributed by atoms with Gasteiger partial charge in [-0.05, 0) is 76.0 Å². The van der Waals surface area contributed by atoms with E-state index in [1.165, 1.54) is 23.4 Å². The van der Waals surface area contributed by atoms with Crippen molar-refractivity contribution in [3.8, 4) is 17.0 Å². The molecule has 2 heterocycles. The zero-order chi connectivity index (χ0) is 24.7. The lowest BCUT2D eigenvalue weighted by Crippen LogP contribution is -2.38. The monoisotopic (exact) mass is 478 g/mol. The molecular formula is C28H32F2N4O. The van der Waals surface area contributed by atoms with Crippen LogP contribution in [0.5, 0.6) is 5.75 Å². The van der Waals surface area contributed by atoms with Crippen molar-refractivity contribution >= 4 is 5.69 Å². The van der Waals surface area contributed by atoms with E-state index in [4.69, 9.17) is 4.74 Å². The van der Waals surface area contributed by atoms with E-state index in [-0.39, 0.29) is 17.5 Å². The topological polar surface area (TPSA) is 41.5 Å². The van der Waals surface area contributed by atoms with Gasteiger partial charge in [-0.25, -0.2) is 18.7 Å². The molecule has 0 N–H and O–H groups in total. The number of rotatable bonds is 5. The molecule has 1 aliphatic heterocycles. The van der Waals surface area contributed by atoms with E-state index in [1.807, 2.05) is 13.8 Å². The van der Waals surface area contributed by atoms with Gasteiger partial charge in [-0.2, -0.15) is 0 Å². The van der Waals surface area contributed by atoms with Gasteiger partial charge in [0, 0.05) is 24.1 Å². The molecule has 7 heteroatoms. The van der Waals surface area contributed by atoms with Gasteiger partial charge < -0.3 is 14.5 Å². The van der Waals surface area contributed by atoms with E-state index in [1.54, 1.807) is 6.07 Å². The van der Waals surface area contributed by atoms with E-state index in [2.05, 4.69) is 52.1 Å². The molecule has 0 radical (unpaired) electrons. The molecule has 0 saturated carbocycles. The Bertz CT molecular complexity index is 1240. The molecule has 0 fully saturated rings. The predicted molar refractivity (Wildman–Crippen MR) is 134 cm³/mol. The number of fused-ring (bicyclic) bond motifs is 2. The first kappa shape index (κ1) is 23.7. The van der Waals surface area contributed by atoms with Crippen LogP contribution in [0.2, 0.25) is 0 Å². The molecule has 2 aromatic carbocycles. The van der Waals surface area contributed by atoms with Gasteiger partial charge in [-0.1, -0.05) is 18.2 Å². The van der Waals surface area contributed by atoms with Crippen LogP contribution >= 0.6 is 0 Å². The molecule has 0 bridgehead atoms. The Kier molecular flexibility index (Phi) is 6.45. The minimum absolute atomic E-state index is 0.109. The summed E-state index contributed by atoms with van der Waals surface area (Å²) in [7, 11) is 4.27. The average molecular weight is 479 g/mol. The summed E-state index contributed by atoms with van der Waals surface area (Å²) in [5, 5.41) is 0. The molecule has 0 spiro atoms. The van der Waals surface area contributed by atoms with Crippen molar-refractivity contribution in [2.75, 3.05) is 32.1 Å². The van der Waals surface area contributed by atoms with Gasteiger partial charge in [-0.3, -0.25) is 0 Å². The van der Waals surface area contributed by atoms with Gasteiger partial charge in [0.25, 0.3) is 0 Å². The summed E-state index contributed by atoms with van der Waals surface area (Å²) < 4.78 is 35.4. The summed E-state index contributed by atoms with van der Waals surface area (Å²) in [6.45, 7) is 5.16. The number of hydrogen-bond acceptors (Lipinski definition) is 5. The molecule has 5 rings (SSSR count). The number of hydrogen-bond donors (Lipinski definition) is 0. The molecule has 1 aliphatic carbocycles. The molecule has 35 heavy (non-hydrogen) atoms. The highest BCUT2D eigenvalue weighted by Gasteiger charge is 2.26. The van der Waals surface area contributed by atoms with Crippen LogP contribution in [0.15, 0.2) is 36.5 Å². The maximum absolute atomic E-state index is 15.0. The molecule has 1 atom stereocenters. The summed E-state index contributed by atoms with van der Waals surface area (Å²) in [5.74, 6) is -0.346. The van der Waals surface area contributed by atoms with Crippen molar-refractivity contribution in [3.05, 3.63) is 70.7 Å². The van der Waals surface area contributed by atoms with Gasteiger partial charge >= 0.3 is 0 Å². The summed E-state index contributed by atoms with van der Waals surface area (Å²) in [6, 6.07) is 10.3. The normalized spacial score (nSPS) is 17.4. The quantitative estimate of drug-likeness (QED) is 0.514. The molecule has 1 unspecified atom stereocenters. The largest absolute Gasteiger partial charge is 0.486 e. The first-order valence-electron chi connectivity index (χ1n) is 12.3. The van der Waals surface area contributed by atoms with Crippen LogP contribution in [-0.4, -0.2) is 54.2 Å². The summed E-state index contributed by atoms with van der Waals surface area (Å²) in [6.07, 6.45) is 4.92. The number of likely N-dealkylation sites (N-methyl/N-ethyl adjacent to an activating group) is 1. The Morgan fingerprint density at radius 2 is 1.94 bits per heavy atom. The third-order valence-electron chi connectivity index (χ3n) is 7.17. The summed E-state index contributed by atoms with van der Waals surface area (Å²) >= 11 is 0. The minimum atomic E-state index is -0.568. The molecule has 2 aliphatic rings. The first-order valence-corrected chi connectivity index (χ1v) is 12.3. The number of ether oxygens (including phenoxy) is 1. The van der Waals surface area contributed by atoms with Crippen molar-refractivity contribution < 1.29 is 13.5 Å². The van der Waals surface area contributed by atoms with Gasteiger partial charge in [0.15, 0.2) is 17.4 Å². The fourth-order valence-corrected chi connectivity index (χ4v) is 5.19. The number of benzene rings is 2. The maximum Gasteiger partial charge on any atom is 0.178 e. The fourth-order valence-electron chi connectivity index (χ4n) is 5.19. The third kappa shape index (κ3) is 4.74. The minimum Gasteiger partial charge on any atom is -0.486 e. The molecule has 3 aromatic rings. The van der Waals surface area contributed by atoms with Crippen LogP contribution in [-0.2, 0) is 19.3 Å². The van der Waals surface area contributed by atoms with Crippen LogP contribution in [0.4, 0.5) is 14.5 Å². The van der Waals surface area contributed by atoms with Gasteiger partial charge in [0.1, 0.15) is 18.1 Å². The van der Waals surface area contributed by atoms with E-state index in [0.29, 0.717) is 42.7 Å². The average Bonchev–Trinajstić information content (AvgIpc) is 2.84. The molecular weight excluding hydrogens is 446 g/mol. The zero-order valence-electron chi connectivity index (χ0n) is 20.8. The highest BCUT2D eigenvalue weighted by Crippen LogP contribution is 2.39. The van der Waals surface area contributed by atoms with Crippen LogP contribution in [0, 0.1) is 11.6 Å². The number of nitrogens with zero attached hydrogens (tertiary/aromatic N) is 4. The molecule has 5 nitrogen and oxygen atoms in total. The lowest BCUT2D eigenvalue weighted by atomic mass is 9.86. The van der Waals surface area contributed by atoms with Gasteiger partial charge in [0.05, 0.1) is 18.4 Å². The smallest absolute Gasteiger partial charge is 0.178 e. The van der Waals surface area contributed by atoms with Gasteiger partial charge in [0.2, 0.25) is 0 Å². The Hall–Kier alpha value is -3.06. The standard InChI is InChI=1S/C28H32F2N4O/c1-17(2)34-9-10-35-28-23(29)14-21(15-25(28)34)27-24(30)16-31-26(32-27)12-18-5-6-20-13-22(33(3)4)8-7-19(20)11-18/h5-6,11,14-17,22H,7-10,12-13H2,1-4H3. The van der Waals surface area contributed by atoms with Crippen LogP contribution in [0.1, 0.15) is 42.8 Å². The van der Waals surface area contributed by atoms with Crippen LogP contribution < -0.4 is 9.64 Å². The van der Waals surface area contributed by atoms with E-state index in [9.17, 15) is 8.78 Å². The van der Waals surface area contributed by atoms with E-state index >= 15 is 0 Å².